The lowest BCUT2D eigenvalue weighted by Crippen LogP contribution is -2.15. The van der Waals surface area contributed by atoms with Gasteiger partial charge in [-0.15, -0.1) is 0 Å². The average Bonchev–Trinajstić information content (AvgIpc) is 1.61. The summed E-state index contributed by atoms with van der Waals surface area (Å²) in [6, 6.07) is 64.6. The summed E-state index contributed by atoms with van der Waals surface area (Å²) in [5.41, 5.74) is 17.1. The number of phenolic OH excluding ortho intramolecular Hbond substituents is 3. The van der Waals surface area contributed by atoms with E-state index in [0.29, 0.717) is 193 Å². The molecule has 25 rings (SSSR count). The third-order valence-corrected chi connectivity index (χ3v) is 25.0. The van der Waals surface area contributed by atoms with Crippen LogP contribution < -0.4 is 92.9 Å². The van der Waals surface area contributed by atoms with Gasteiger partial charge in [0.15, 0.2) is 63.3 Å². The van der Waals surface area contributed by atoms with E-state index in [2.05, 4.69) is 51.5 Å². The zero-order valence-electron chi connectivity index (χ0n) is 81.8. The second-order valence-electron chi connectivity index (χ2n) is 34.6. The average molecular weight is 2030 g/mol. The summed E-state index contributed by atoms with van der Waals surface area (Å²) in [6.07, 6.45) is 10.6. The molecule has 8 N–H and O–H groups in total. The number of hydrogen-bond donors (Lipinski definition) is 8. The predicted octanol–water partition coefficient (Wildman–Crippen LogP) is 22.4. The maximum absolute atomic E-state index is 14.7. The molecule has 754 valence electrons. The Morgan fingerprint density at radius 2 is 0.698 bits per heavy atom. The molecule has 0 unspecified atom stereocenters. The highest BCUT2D eigenvalue weighted by molar-refractivity contribution is 6.33. The fourth-order valence-corrected chi connectivity index (χ4v) is 18.1. The van der Waals surface area contributed by atoms with Crippen LogP contribution in [0.25, 0.3) is 84.9 Å². The number of ether oxygens (including phenoxy) is 14. The molecule has 0 saturated carbocycles. The highest BCUT2D eigenvalue weighted by Gasteiger charge is 2.30. The minimum atomic E-state index is -0.491. The van der Waals surface area contributed by atoms with Crippen LogP contribution in [0.4, 0.5) is 66.3 Å². The summed E-state index contributed by atoms with van der Waals surface area (Å²) in [7, 11) is 6.30. The summed E-state index contributed by atoms with van der Waals surface area (Å²) in [5.74, 6) is 12.9. The molecule has 0 fully saturated rings. The van der Waals surface area contributed by atoms with E-state index < -0.39 is 11.6 Å². The summed E-state index contributed by atoms with van der Waals surface area (Å²) >= 11 is 6.33. The van der Waals surface area contributed by atoms with Gasteiger partial charge < -0.3 is 108 Å². The van der Waals surface area contributed by atoms with E-state index in [4.69, 9.17) is 92.9 Å². The van der Waals surface area contributed by atoms with E-state index in [9.17, 15) is 24.1 Å². The molecule has 5 aliphatic rings. The van der Waals surface area contributed by atoms with Crippen molar-refractivity contribution in [3.63, 3.8) is 0 Å². The number of aryl methyl sites for hydroxylation is 5. The number of hydrogen-bond acceptors (Lipinski definition) is 30. The van der Waals surface area contributed by atoms with Crippen molar-refractivity contribution in [1.29, 1.82) is 0 Å². The van der Waals surface area contributed by atoms with Crippen LogP contribution in [0.15, 0.2) is 256 Å². The Hall–Kier alpha value is -18.8. The Bertz CT molecular complexity index is 8470. The Balaban J connectivity index is 0.000000109. The molecule has 0 aliphatic carbocycles. The van der Waals surface area contributed by atoms with Gasteiger partial charge in [0.1, 0.15) is 181 Å². The van der Waals surface area contributed by atoms with Gasteiger partial charge in [-0.2, -0.15) is 0 Å². The number of aromatic nitrogens is 13. The molecule has 0 atom stereocenters. The summed E-state index contributed by atoms with van der Waals surface area (Å²) in [5, 5.41) is 47.0. The predicted molar refractivity (Wildman–Crippen MR) is 560 cm³/mol. The topological polar surface area (TPSA) is 375 Å². The van der Waals surface area contributed by atoms with Gasteiger partial charge in [-0.25, -0.2) is 52.5 Å². The number of anilines is 10. The number of nitrogens with zero attached hydrogens (tertiary/aromatic N) is 13. The molecule has 0 saturated heterocycles. The molecular formula is C111H97ClF2N18O17. The van der Waals surface area contributed by atoms with Gasteiger partial charge in [-0.1, -0.05) is 23.7 Å². The zero-order valence-corrected chi connectivity index (χ0v) is 82.6. The van der Waals surface area contributed by atoms with Crippen molar-refractivity contribution in [2.24, 2.45) is 0 Å². The summed E-state index contributed by atoms with van der Waals surface area (Å²) in [4.78, 5) is 36.6. The molecule has 0 amide bonds. The number of phenols is 3. The van der Waals surface area contributed by atoms with Crippen LogP contribution in [0.1, 0.15) is 27.8 Å². The zero-order chi connectivity index (χ0) is 103. The first-order valence-corrected chi connectivity index (χ1v) is 47.8. The lowest BCUT2D eigenvalue weighted by molar-refractivity contribution is 0.171. The molecule has 0 spiro atoms. The number of imidazole rings is 5. The van der Waals surface area contributed by atoms with E-state index >= 15 is 0 Å². The van der Waals surface area contributed by atoms with Crippen LogP contribution >= 0.6 is 11.6 Å². The van der Waals surface area contributed by atoms with E-state index in [1.54, 1.807) is 130 Å². The van der Waals surface area contributed by atoms with Crippen LogP contribution in [-0.2, 0) is 0 Å². The SMILES string of the molecule is COc1cc(O)ccc1-c1nc2c(C)cccn2c1Nc1ccc2c(c1)OCCO2.COc1cc(O)ccc1-c1nc2cc(C)ccn2c1Nc1ccc2c(c1)OCCO2.COc1ccnc2nc(-c3c(C)cc(O)cc3C)c(Nc3ccc4c(c3)OCCO4)n12.COc1ccnc2nc(-c3c(F)cccc3Cl)c(Nc3ccc4c(c3)OCCO4)n12.Cc1ccn2c(Nc3ccc4c(c3)OCCO4)c(-c3ncccc3F)nc2c1. The number of pyridine rings is 4. The Kier molecular flexibility index (Phi) is 27.1. The van der Waals surface area contributed by atoms with Crippen LogP contribution in [-0.4, -0.2) is 172 Å². The third-order valence-electron chi connectivity index (χ3n) is 24.6. The van der Waals surface area contributed by atoms with Crippen LogP contribution in [0.5, 0.6) is 98.0 Å². The molecule has 38 heteroatoms. The van der Waals surface area contributed by atoms with Gasteiger partial charge in [0.2, 0.25) is 23.3 Å². The maximum atomic E-state index is 14.7. The standard InChI is InChI=1S/C23H22N4O4.2C23H21N3O4.C21H16ClFN4O3.C21H17FN4O2/c1-13-10-16(28)11-14(2)20(13)21-22(27-19(29-3)6-7-24-23(27)26-21)25-15-4-5-17-18(12-15)31-9-8-30-17;1-14-7-8-26-21(11-14)25-22(17-5-4-16(27)13-19(17)28-2)23(26)24-15-3-6-18-20(12-15)30-10-9-29-18;1-14-4-3-9-26-22(14)25-21(17-7-6-16(27)13-19(17)28-2)23(26)24-15-5-8-18-20(12-15)30-11-10-29-18;1-28-17-7-8-24-21-26-19(18-13(22)3-2-4-14(18)23)20(27(17)21)25-12-5-6-15-16(11-12)30-10-9-29-15;1-13-6-8-26-18(11-13)25-20(19-15(22)3-2-7-23-19)21(26)24-14-4-5-16-17(12-14)28-10-9-27-16/h4-7,10-12,25,28H,8-9H2,1-3H3;3-8,11-13,24,27H,9-10H2,1-2H3;3-9,12-13,24,27H,10-11H2,1-2H3;2-8,11,25H,9-10H2,1H3;2-8,11-12,24H,9-10H2,1H3. The highest BCUT2D eigenvalue weighted by atomic mass is 35.5. The van der Waals surface area contributed by atoms with Crippen LogP contribution in [0, 0.1) is 46.3 Å². The molecule has 9 aromatic carbocycles. The van der Waals surface area contributed by atoms with Crippen molar-refractivity contribution in [2.75, 3.05) is 121 Å². The number of halogens is 3. The second kappa shape index (κ2) is 41.9. The number of nitrogens with one attached hydrogen (secondary N) is 5. The number of rotatable bonds is 19. The monoisotopic (exact) mass is 2030 g/mol. The number of benzene rings is 9. The summed E-state index contributed by atoms with van der Waals surface area (Å²) < 4.78 is 117. The molecule has 0 radical (unpaired) electrons. The van der Waals surface area contributed by atoms with Gasteiger partial charge in [-0.05, 0) is 214 Å². The molecule has 0 bridgehead atoms. The Morgan fingerprint density at radius 3 is 1.11 bits per heavy atom. The van der Waals surface area contributed by atoms with Gasteiger partial charge >= 0.3 is 0 Å². The number of fused-ring (bicyclic) bond motifs is 10. The van der Waals surface area contributed by atoms with Gasteiger partial charge in [0.25, 0.3) is 0 Å². The second-order valence-corrected chi connectivity index (χ2v) is 35.0. The minimum absolute atomic E-state index is 0.136. The fraction of sp³-hybridized carbons (Fsp3) is 0.171. The van der Waals surface area contributed by atoms with E-state index in [1.807, 2.05) is 198 Å². The summed E-state index contributed by atoms with van der Waals surface area (Å²) in [6.45, 7) is 15.2. The van der Waals surface area contributed by atoms with Crippen molar-refractivity contribution in [3.05, 3.63) is 300 Å². The fourth-order valence-electron chi connectivity index (χ4n) is 17.8. The van der Waals surface area contributed by atoms with Crippen molar-refractivity contribution in [2.45, 2.75) is 34.6 Å². The molecular weight excluding hydrogens is 1930 g/mol. The molecule has 16 heterocycles. The van der Waals surface area contributed by atoms with Crippen LogP contribution in [0.2, 0.25) is 5.02 Å². The first kappa shape index (κ1) is 96.3. The first-order valence-electron chi connectivity index (χ1n) is 47.4. The van der Waals surface area contributed by atoms with E-state index in [1.165, 1.54) is 12.1 Å². The van der Waals surface area contributed by atoms with Crippen molar-refractivity contribution >= 4 is 97.6 Å². The van der Waals surface area contributed by atoms with Gasteiger partial charge in [0, 0.05) is 137 Å². The molecule has 11 aromatic heterocycles. The van der Waals surface area contributed by atoms with Gasteiger partial charge in [-0.3, -0.25) is 18.2 Å². The normalized spacial score (nSPS) is 12.8. The lowest BCUT2D eigenvalue weighted by Gasteiger charge is -2.19. The van der Waals surface area contributed by atoms with Crippen molar-refractivity contribution < 1.29 is 90.4 Å². The van der Waals surface area contributed by atoms with E-state index in [-0.39, 0.29) is 33.5 Å². The third kappa shape index (κ3) is 19.9. The Morgan fingerprint density at radius 1 is 0.309 bits per heavy atom. The molecule has 35 nitrogen and oxygen atoms in total. The number of aromatic hydroxyl groups is 3. The molecule has 5 aliphatic heterocycles. The molecule has 149 heavy (non-hydrogen) atoms. The lowest BCUT2D eigenvalue weighted by atomic mass is 9.99. The van der Waals surface area contributed by atoms with Crippen LogP contribution in [0.3, 0.4) is 0 Å². The quantitative estimate of drug-likeness (QED) is 0.0373. The largest absolute Gasteiger partial charge is 0.508 e. The first-order chi connectivity index (χ1) is 72.6. The maximum Gasteiger partial charge on any atom is 0.238 e. The molecule has 20 aromatic rings. The number of methoxy groups -OCH3 is 4. The van der Waals surface area contributed by atoms with Gasteiger partial charge in [0.05, 0.1) is 39.0 Å². The minimum Gasteiger partial charge on any atom is -0.508 e. The highest BCUT2D eigenvalue weighted by Crippen LogP contribution is 2.48. The van der Waals surface area contributed by atoms with Crippen molar-refractivity contribution in [3.8, 4) is 154 Å². The Labute approximate surface area is 855 Å². The smallest absolute Gasteiger partial charge is 0.238 e. The van der Waals surface area contributed by atoms with E-state index in [0.717, 1.165) is 113 Å². The van der Waals surface area contributed by atoms with Crippen molar-refractivity contribution in [1.82, 2.24) is 61.9 Å².